The summed E-state index contributed by atoms with van der Waals surface area (Å²) in [4.78, 5) is 0. The Labute approximate surface area is 165 Å². The molecule has 27 heavy (non-hydrogen) atoms. The van der Waals surface area contributed by atoms with E-state index in [1.807, 2.05) is 0 Å². The monoisotopic (exact) mass is 383 g/mol. The summed E-state index contributed by atoms with van der Waals surface area (Å²) in [7, 11) is -2.43. The zero-order valence-electron chi connectivity index (χ0n) is 16.9. The fraction of sp³-hybridized carbons (Fsp3) is 0.478. The van der Waals surface area contributed by atoms with Gasteiger partial charge in [0.2, 0.25) is 0 Å². The molecular weight excluding hydrogens is 350 g/mol. The van der Waals surface area contributed by atoms with Crippen LogP contribution in [0.4, 0.5) is 0 Å². The Hall–Kier alpha value is -1.46. The zero-order valence-corrected chi connectivity index (χ0v) is 17.9. The quantitative estimate of drug-likeness (QED) is 0.588. The molecule has 0 saturated carbocycles. The molecule has 0 aromatic heterocycles. The first-order valence-corrected chi connectivity index (χ1v) is 12.0. The maximum Gasteiger partial charge on any atom is 0.261 e. The maximum atomic E-state index is 6.86. The van der Waals surface area contributed by atoms with Gasteiger partial charge in [-0.3, -0.25) is 0 Å². The molecule has 146 valence electrons. The molecule has 0 spiro atoms. The topological polar surface area (TPSA) is 30.5 Å². The van der Waals surface area contributed by atoms with Crippen molar-refractivity contribution in [1.29, 1.82) is 0 Å². The van der Waals surface area contributed by atoms with Crippen molar-refractivity contribution in [2.45, 2.75) is 44.8 Å². The highest BCUT2D eigenvalue weighted by atomic mass is 28.4. The number of hydrogen-bond donors (Lipinski definition) is 1. The van der Waals surface area contributed by atoms with Crippen molar-refractivity contribution >= 4 is 18.7 Å². The van der Waals surface area contributed by atoms with Crippen LogP contribution < -0.4 is 15.7 Å². The molecule has 0 amide bonds. The van der Waals surface area contributed by atoms with Crippen molar-refractivity contribution in [3.05, 3.63) is 60.7 Å². The van der Waals surface area contributed by atoms with E-state index in [4.69, 9.17) is 9.16 Å². The van der Waals surface area contributed by atoms with Crippen LogP contribution in [0.3, 0.4) is 0 Å². The molecule has 1 fully saturated rings. The minimum atomic E-state index is -2.43. The lowest BCUT2D eigenvalue weighted by molar-refractivity contribution is 0.0153. The van der Waals surface area contributed by atoms with Gasteiger partial charge in [0.1, 0.15) is 0 Å². The van der Waals surface area contributed by atoms with Gasteiger partial charge in [0.15, 0.2) is 0 Å². The van der Waals surface area contributed by atoms with Crippen molar-refractivity contribution in [1.82, 2.24) is 5.32 Å². The summed E-state index contributed by atoms with van der Waals surface area (Å²) in [5.41, 5.74) is 0. The minimum Gasteiger partial charge on any atom is -0.405 e. The summed E-state index contributed by atoms with van der Waals surface area (Å²) >= 11 is 0. The average molecular weight is 384 g/mol. The van der Waals surface area contributed by atoms with Gasteiger partial charge in [-0.2, -0.15) is 0 Å². The van der Waals surface area contributed by atoms with Crippen molar-refractivity contribution < 1.29 is 9.16 Å². The van der Waals surface area contributed by atoms with Crippen LogP contribution in [0.2, 0.25) is 5.04 Å². The molecule has 0 bridgehead atoms. The van der Waals surface area contributed by atoms with Crippen LogP contribution in [-0.2, 0) is 9.16 Å². The predicted molar refractivity (Wildman–Crippen MR) is 115 cm³/mol. The standard InChI is InChI=1S/C23H33NO2Si/c1-23(2,3)27(21-10-6-4-7-11-21,22-12-8-5-9-13-22)26-19-18-25-20-14-16-24-17-15-20/h4-13,20,24H,14-19H2,1-3H3. The molecule has 0 aliphatic carbocycles. The largest absolute Gasteiger partial charge is 0.405 e. The van der Waals surface area contributed by atoms with Crippen molar-refractivity contribution in [2.24, 2.45) is 0 Å². The van der Waals surface area contributed by atoms with Gasteiger partial charge in [0.05, 0.1) is 19.3 Å². The average Bonchev–Trinajstić information content (AvgIpc) is 2.69. The Balaban J connectivity index is 1.83. The molecule has 4 heteroatoms. The number of nitrogens with one attached hydrogen (secondary N) is 1. The van der Waals surface area contributed by atoms with E-state index < -0.39 is 8.32 Å². The predicted octanol–water partition coefficient (Wildman–Crippen LogP) is 3.33. The van der Waals surface area contributed by atoms with Gasteiger partial charge in [0, 0.05) is 0 Å². The number of piperidine rings is 1. The van der Waals surface area contributed by atoms with Crippen molar-refractivity contribution in [2.75, 3.05) is 26.3 Å². The summed E-state index contributed by atoms with van der Waals surface area (Å²) in [5, 5.41) is 6.06. The Morgan fingerprint density at radius 1 is 0.852 bits per heavy atom. The van der Waals surface area contributed by atoms with E-state index in [-0.39, 0.29) is 5.04 Å². The first kappa shape index (κ1) is 20.3. The van der Waals surface area contributed by atoms with Crippen LogP contribution in [0.5, 0.6) is 0 Å². The SMILES string of the molecule is CC(C)(C)[Si](OCCOC1CCNCC1)(c1ccccc1)c1ccccc1. The third-order valence-electron chi connectivity index (χ3n) is 5.46. The lowest BCUT2D eigenvalue weighted by Crippen LogP contribution is -2.66. The molecule has 1 heterocycles. The Morgan fingerprint density at radius 2 is 1.37 bits per heavy atom. The van der Waals surface area contributed by atoms with E-state index in [9.17, 15) is 0 Å². The highest BCUT2D eigenvalue weighted by Crippen LogP contribution is 2.36. The summed E-state index contributed by atoms with van der Waals surface area (Å²) in [6.45, 7) is 10.3. The van der Waals surface area contributed by atoms with Crippen LogP contribution in [0.1, 0.15) is 33.6 Å². The summed E-state index contributed by atoms with van der Waals surface area (Å²) in [6, 6.07) is 21.6. The van der Waals surface area contributed by atoms with E-state index >= 15 is 0 Å². The first-order valence-electron chi connectivity index (χ1n) is 10.1. The molecule has 1 saturated heterocycles. The molecule has 0 radical (unpaired) electrons. The maximum absolute atomic E-state index is 6.86. The molecule has 3 rings (SSSR count). The molecular formula is C23H33NO2Si. The fourth-order valence-corrected chi connectivity index (χ4v) is 8.68. The van der Waals surface area contributed by atoms with E-state index in [0.717, 1.165) is 25.9 Å². The van der Waals surface area contributed by atoms with E-state index in [1.165, 1.54) is 10.4 Å². The number of rotatable bonds is 7. The molecule has 2 aromatic carbocycles. The lowest BCUT2D eigenvalue weighted by Gasteiger charge is -2.43. The molecule has 1 aliphatic rings. The van der Waals surface area contributed by atoms with Crippen LogP contribution in [0.15, 0.2) is 60.7 Å². The Bertz CT molecular complexity index is 639. The Morgan fingerprint density at radius 3 is 1.85 bits per heavy atom. The number of benzene rings is 2. The molecule has 1 aliphatic heterocycles. The highest BCUT2D eigenvalue weighted by molar-refractivity contribution is 6.99. The van der Waals surface area contributed by atoms with Crippen LogP contribution in [0, 0.1) is 0 Å². The molecule has 3 nitrogen and oxygen atoms in total. The van der Waals surface area contributed by atoms with Gasteiger partial charge in [-0.25, -0.2) is 0 Å². The van der Waals surface area contributed by atoms with Gasteiger partial charge < -0.3 is 14.5 Å². The van der Waals surface area contributed by atoms with Crippen molar-refractivity contribution in [3.8, 4) is 0 Å². The second-order valence-electron chi connectivity index (χ2n) is 8.33. The van der Waals surface area contributed by atoms with E-state index in [1.54, 1.807) is 0 Å². The van der Waals surface area contributed by atoms with Gasteiger partial charge in [0.25, 0.3) is 8.32 Å². The Kier molecular flexibility index (Phi) is 6.87. The van der Waals surface area contributed by atoms with Gasteiger partial charge in [-0.05, 0) is 41.3 Å². The molecule has 0 unspecified atom stereocenters. The normalized spacial score (nSPS) is 16.4. The van der Waals surface area contributed by atoms with Crippen LogP contribution in [-0.4, -0.2) is 40.7 Å². The summed E-state index contributed by atoms with van der Waals surface area (Å²) in [6.07, 6.45) is 2.56. The number of hydrogen-bond acceptors (Lipinski definition) is 3. The molecule has 1 N–H and O–H groups in total. The fourth-order valence-electron chi connectivity index (χ4n) is 4.13. The van der Waals surface area contributed by atoms with Gasteiger partial charge in [-0.1, -0.05) is 81.4 Å². The zero-order chi connectivity index (χ0) is 19.2. The number of ether oxygens (including phenoxy) is 1. The third kappa shape index (κ3) is 4.69. The summed E-state index contributed by atoms with van der Waals surface area (Å²) in [5.74, 6) is 0. The van der Waals surface area contributed by atoms with Crippen LogP contribution in [0.25, 0.3) is 0 Å². The highest BCUT2D eigenvalue weighted by Gasteiger charge is 2.50. The lowest BCUT2D eigenvalue weighted by atomic mass is 10.1. The first-order chi connectivity index (χ1) is 13.0. The summed E-state index contributed by atoms with van der Waals surface area (Å²) < 4.78 is 13.0. The van der Waals surface area contributed by atoms with Gasteiger partial charge in [-0.15, -0.1) is 0 Å². The smallest absolute Gasteiger partial charge is 0.261 e. The van der Waals surface area contributed by atoms with E-state index in [2.05, 4.69) is 86.8 Å². The molecule has 0 atom stereocenters. The van der Waals surface area contributed by atoms with Crippen molar-refractivity contribution in [3.63, 3.8) is 0 Å². The molecule has 2 aromatic rings. The van der Waals surface area contributed by atoms with E-state index in [0.29, 0.717) is 19.3 Å². The second-order valence-corrected chi connectivity index (χ2v) is 12.6. The third-order valence-corrected chi connectivity index (χ3v) is 10.5. The minimum absolute atomic E-state index is 0.0183. The van der Waals surface area contributed by atoms with Crippen LogP contribution >= 0.6 is 0 Å². The van der Waals surface area contributed by atoms with Gasteiger partial charge >= 0.3 is 0 Å². The second kappa shape index (κ2) is 9.15.